The highest BCUT2D eigenvalue weighted by Gasteiger charge is 2.24. The number of rotatable bonds is 2. The lowest BCUT2D eigenvalue weighted by molar-refractivity contribution is -0.118. The van der Waals surface area contributed by atoms with E-state index in [4.69, 9.17) is 5.73 Å². The van der Waals surface area contributed by atoms with Gasteiger partial charge in [-0.25, -0.2) is 0 Å². The zero-order valence-electron chi connectivity index (χ0n) is 9.82. The van der Waals surface area contributed by atoms with Crippen LogP contribution in [-0.4, -0.2) is 32.6 Å². The third-order valence-electron chi connectivity index (χ3n) is 3.01. The Morgan fingerprint density at radius 1 is 1.47 bits per heavy atom. The minimum Gasteiger partial charge on any atom is -0.367 e. The molecule has 0 bridgehead atoms. The van der Waals surface area contributed by atoms with Gasteiger partial charge in [0.1, 0.15) is 0 Å². The molecule has 1 aromatic carbocycles. The van der Waals surface area contributed by atoms with Gasteiger partial charge in [0, 0.05) is 37.6 Å². The monoisotopic (exact) mass is 297 g/mol. The van der Waals surface area contributed by atoms with Crippen molar-refractivity contribution in [1.29, 1.82) is 0 Å². The Labute approximate surface area is 110 Å². The molecule has 17 heavy (non-hydrogen) atoms. The number of fused-ring (bicyclic) bond motifs is 1. The Bertz CT molecular complexity index is 436. The van der Waals surface area contributed by atoms with E-state index in [1.165, 1.54) is 0 Å². The van der Waals surface area contributed by atoms with Gasteiger partial charge in [0.05, 0.1) is 11.4 Å². The van der Waals surface area contributed by atoms with E-state index in [1.54, 1.807) is 4.90 Å². The largest absolute Gasteiger partial charge is 0.367 e. The second-order valence-electron chi connectivity index (χ2n) is 4.09. The van der Waals surface area contributed by atoms with Crippen LogP contribution in [-0.2, 0) is 4.79 Å². The molecule has 0 saturated carbocycles. The van der Waals surface area contributed by atoms with Crippen LogP contribution in [0.5, 0.6) is 0 Å². The van der Waals surface area contributed by atoms with Crippen LogP contribution < -0.4 is 15.5 Å². The van der Waals surface area contributed by atoms with E-state index in [1.807, 2.05) is 25.2 Å². The van der Waals surface area contributed by atoms with E-state index in [2.05, 4.69) is 20.8 Å². The minimum atomic E-state index is 0.142. The second-order valence-corrected chi connectivity index (χ2v) is 4.94. The molecule has 2 N–H and O–H groups in total. The third-order valence-corrected chi connectivity index (χ3v) is 3.65. The van der Waals surface area contributed by atoms with Crippen molar-refractivity contribution >= 4 is 33.2 Å². The van der Waals surface area contributed by atoms with Crippen LogP contribution in [0.2, 0.25) is 0 Å². The van der Waals surface area contributed by atoms with Gasteiger partial charge in [-0.05, 0) is 28.1 Å². The van der Waals surface area contributed by atoms with Crippen LogP contribution in [0, 0.1) is 0 Å². The van der Waals surface area contributed by atoms with Crippen LogP contribution in [0.4, 0.5) is 11.4 Å². The highest BCUT2D eigenvalue weighted by molar-refractivity contribution is 9.10. The molecule has 0 atom stereocenters. The van der Waals surface area contributed by atoms with Crippen molar-refractivity contribution in [3.8, 4) is 0 Å². The number of amides is 1. The summed E-state index contributed by atoms with van der Waals surface area (Å²) in [5, 5.41) is 0. The molecule has 0 saturated heterocycles. The summed E-state index contributed by atoms with van der Waals surface area (Å²) in [5.74, 6) is 0.142. The van der Waals surface area contributed by atoms with E-state index < -0.39 is 0 Å². The average molecular weight is 298 g/mol. The topological polar surface area (TPSA) is 49.6 Å². The first-order valence-electron chi connectivity index (χ1n) is 5.65. The maximum absolute atomic E-state index is 11.9. The number of benzene rings is 1. The molecule has 0 aliphatic carbocycles. The molecular weight excluding hydrogens is 282 g/mol. The molecule has 2 rings (SSSR count). The van der Waals surface area contributed by atoms with E-state index >= 15 is 0 Å². The highest BCUT2D eigenvalue weighted by atomic mass is 79.9. The van der Waals surface area contributed by atoms with Crippen LogP contribution in [0.1, 0.15) is 6.42 Å². The lowest BCUT2D eigenvalue weighted by Crippen LogP contribution is -2.30. The second kappa shape index (κ2) is 5.06. The molecule has 0 unspecified atom stereocenters. The van der Waals surface area contributed by atoms with Crippen molar-refractivity contribution in [2.24, 2.45) is 5.73 Å². The number of carbonyl (C=O) groups excluding carboxylic acids is 1. The van der Waals surface area contributed by atoms with E-state index in [0.29, 0.717) is 13.0 Å². The molecule has 4 nitrogen and oxygen atoms in total. The van der Waals surface area contributed by atoms with Gasteiger partial charge in [-0.15, -0.1) is 0 Å². The lowest BCUT2D eigenvalue weighted by atomic mass is 10.2. The first-order valence-corrected chi connectivity index (χ1v) is 6.44. The Hall–Kier alpha value is -1.07. The molecule has 92 valence electrons. The molecule has 1 amide bonds. The van der Waals surface area contributed by atoms with E-state index in [0.717, 1.165) is 28.9 Å². The van der Waals surface area contributed by atoms with Crippen molar-refractivity contribution in [2.75, 3.05) is 36.5 Å². The summed E-state index contributed by atoms with van der Waals surface area (Å²) in [6.07, 6.45) is 0.525. The molecule has 0 aromatic heterocycles. The quantitative estimate of drug-likeness (QED) is 0.902. The summed E-state index contributed by atoms with van der Waals surface area (Å²) >= 11 is 3.55. The lowest BCUT2D eigenvalue weighted by Gasteiger charge is -2.26. The summed E-state index contributed by atoms with van der Waals surface area (Å²) < 4.78 is 1.00. The first kappa shape index (κ1) is 12.4. The van der Waals surface area contributed by atoms with Gasteiger partial charge in [0.15, 0.2) is 0 Å². The van der Waals surface area contributed by atoms with Gasteiger partial charge in [0.25, 0.3) is 0 Å². The number of halogens is 1. The zero-order valence-corrected chi connectivity index (χ0v) is 11.4. The molecule has 1 aliphatic rings. The Morgan fingerprint density at radius 2 is 2.24 bits per heavy atom. The molecule has 0 fully saturated rings. The fourth-order valence-corrected chi connectivity index (χ4v) is 2.72. The number of para-hydroxylation sites is 1. The van der Waals surface area contributed by atoms with Gasteiger partial charge < -0.3 is 15.5 Å². The smallest absolute Gasteiger partial charge is 0.228 e. The molecule has 0 spiro atoms. The van der Waals surface area contributed by atoms with Gasteiger partial charge in [-0.2, -0.15) is 0 Å². The number of nitrogens with two attached hydrogens (primary N) is 1. The molecule has 1 aromatic rings. The van der Waals surface area contributed by atoms with Crippen molar-refractivity contribution in [3.05, 3.63) is 22.7 Å². The highest BCUT2D eigenvalue weighted by Crippen LogP contribution is 2.37. The number of carbonyl (C=O) groups is 1. The van der Waals surface area contributed by atoms with Crippen molar-refractivity contribution < 1.29 is 4.79 Å². The number of hydrogen-bond donors (Lipinski definition) is 1. The van der Waals surface area contributed by atoms with Crippen molar-refractivity contribution in [3.63, 3.8) is 0 Å². The van der Waals surface area contributed by atoms with Gasteiger partial charge in [-0.1, -0.05) is 6.07 Å². The van der Waals surface area contributed by atoms with Crippen molar-refractivity contribution in [1.82, 2.24) is 0 Å². The average Bonchev–Trinajstić information content (AvgIpc) is 2.43. The Morgan fingerprint density at radius 3 is 2.94 bits per heavy atom. The Balaban J connectivity index is 2.51. The maximum atomic E-state index is 11.9. The first-order chi connectivity index (χ1) is 8.15. The predicted molar refractivity (Wildman–Crippen MR) is 73.4 cm³/mol. The van der Waals surface area contributed by atoms with Gasteiger partial charge >= 0.3 is 0 Å². The summed E-state index contributed by atoms with van der Waals surface area (Å²) in [6, 6.07) is 5.90. The fraction of sp³-hybridized carbons (Fsp3) is 0.417. The SMILES string of the molecule is CN1C(=O)CCN(CCN)c2c(Br)cccc21. The van der Waals surface area contributed by atoms with Crippen LogP contribution in [0.15, 0.2) is 22.7 Å². The number of anilines is 2. The standard InChI is InChI=1S/C12H16BrN3O/c1-15-10-4-2-3-9(13)12(10)16(8-6-14)7-5-11(15)17/h2-4H,5-8,14H2,1H3. The van der Waals surface area contributed by atoms with Gasteiger partial charge in [0.2, 0.25) is 5.91 Å². The van der Waals surface area contributed by atoms with Crippen molar-refractivity contribution in [2.45, 2.75) is 6.42 Å². The molecule has 1 aliphatic heterocycles. The van der Waals surface area contributed by atoms with Crippen LogP contribution >= 0.6 is 15.9 Å². The maximum Gasteiger partial charge on any atom is 0.228 e. The summed E-state index contributed by atoms with van der Waals surface area (Å²) in [5.41, 5.74) is 7.63. The molecular formula is C12H16BrN3O. The molecule has 5 heteroatoms. The molecule has 1 heterocycles. The predicted octanol–water partition coefficient (Wildman–Crippen LogP) is 1.58. The number of hydrogen-bond acceptors (Lipinski definition) is 3. The number of nitrogens with zero attached hydrogens (tertiary/aromatic N) is 2. The molecule has 0 radical (unpaired) electrons. The van der Waals surface area contributed by atoms with Crippen LogP contribution in [0.3, 0.4) is 0 Å². The Kier molecular flexibility index (Phi) is 3.69. The van der Waals surface area contributed by atoms with E-state index in [-0.39, 0.29) is 5.91 Å². The van der Waals surface area contributed by atoms with Crippen LogP contribution in [0.25, 0.3) is 0 Å². The van der Waals surface area contributed by atoms with E-state index in [9.17, 15) is 4.79 Å². The zero-order chi connectivity index (χ0) is 12.4. The third kappa shape index (κ3) is 2.30. The summed E-state index contributed by atoms with van der Waals surface area (Å²) in [4.78, 5) is 15.8. The summed E-state index contributed by atoms with van der Waals surface area (Å²) in [6.45, 7) is 2.06. The normalized spacial score (nSPS) is 15.8. The summed E-state index contributed by atoms with van der Waals surface area (Å²) in [7, 11) is 1.82. The fourth-order valence-electron chi connectivity index (χ4n) is 2.11. The van der Waals surface area contributed by atoms with Gasteiger partial charge in [-0.3, -0.25) is 4.79 Å². The minimum absolute atomic E-state index is 0.142.